The number of rotatable bonds is 5. The van der Waals surface area contributed by atoms with Crippen LogP contribution in [0.25, 0.3) is 28.1 Å². The highest BCUT2D eigenvalue weighted by Crippen LogP contribution is 2.38. The summed E-state index contributed by atoms with van der Waals surface area (Å²) in [5.74, 6) is 0.344. The molecule has 9 nitrogen and oxygen atoms in total. The fourth-order valence-corrected chi connectivity index (χ4v) is 4.62. The van der Waals surface area contributed by atoms with E-state index >= 15 is 0 Å². The van der Waals surface area contributed by atoms with E-state index in [1.54, 1.807) is 34.5 Å². The Bertz CT molecular complexity index is 1340. The molecule has 10 heteroatoms. The minimum atomic E-state index is -1.11. The summed E-state index contributed by atoms with van der Waals surface area (Å²) >= 11 is 6.23. The van der Waals surface area contributed by atoms with Crippen LogP contribution in [0, 0.1) is 0 Å². The number of nitrogens with zero attached hydrogens (tertiary/aromatic N) is 5. The Morgan fingerprint density at radius 1 is 1.32 bits per heavy atom. The van der Waals surface area contributed by atoms with Gasteiger partial charge in [0.05, 0.1) is 23.7 Å². The molecule has 162 valence electrons. The summed E-state index contributed by atoms with van der Waals surface area (Å²) < 4.78 is 14.0. The van der Waals surface area contributed by atoms with Crippen molar-refractivity contribution in [3.05, 3.63) is 45.8 Å². The third-order valence-electron chi connectivity index (χ3n) is 5.96. The average Bonchev–Trinajstić information content (AvgIpc) is 3.47. The number of aromatic nitrogens is 5. The predicted octanol–water partition coefficient (Wildman–Crippen LogP) is 3.32. The summed E-state index contributed by atoms with van der Waals surface area (Å²) in [6.45, 7) is 2.25. The monoisotopic (exact) mass is 443 g/mol. The summed E-state index contributed by atoms with van der Waals surface area (Å²) in [4.78, 5) is 22.5. The molecule has 0 radical (unpaired) electrons. The normalized spacial score (nSPS) is 17.0. The first-order valence-corrected chi connectivity index (χ1v) is 10.6. The van der Waals surface area contributed by atoms with Gasteiger partial charge in [-0.2, -0.15) is 4.98 Å². The van der Waals surface area contributed by atoms with Gasteiger partial charge in [-0.3, -0.25) is 13.8 Å². The minimum absolute atomic E-state index is 0.168. The molecule has 1 atom stereocenters. The van der Waals surface area contributed by atoms with Crippen LogP contribution in [0.15, 0.2) is 33.8 Å². The summed E-state index contributed by atoms with van der Waals surface area (Å²) in [5.41, 5.74) is 0.682. The van der Waals surface area contributed by atoms with Gasteiger partial charge >= 0.3 is 0 Å². The van der Waals surface area contributed by atoms with Crippen LogP contribution in [0.3, 0.4) is 0 Å². The first-order valence-electron chi connectivity index (χ1n) is 10.2. The number of hydrogen-bond acceptors (Lipinski definition) is 7. The highest BCUT2D eigenvalue weighted by atomic mass is 35.5. The maximum absolute atomic E-state index is 13.6. The van der Waals surface area contributed by atoms with Gasteiger partial charge in [0.1, 0.15) is 23.1 Å². The Hall–Kier alpha value is -2.75. The first-order chi connectivity index (χ1) is 14.9. The van der Waals surface area contributed by atoms with Gasteiger partial charge in [-0.15, -0.1) is 0 Å². The number of halogens is 1. The van der Waals surface area contributed by atoms with E-state index in [4.69, 9.17) is 20.9 Å². The Kier molecular flexibility index (Phi) is 4.84. The predicted molar refractivity (Wildman–Crippen MR) is 114 cm³/mol. The molecule has 1 unspecified atom stereocenters. The van der Waals surface area contributed by atoms with Crippen LogP contribution < -0.4 is 5.56 Å². The zero-order chi connectivity index (χ0) is 21.8. The third-order valence-corrected chi connectivity index (χ3v) is 6.20. The van der Waals surface area contributed by atoms with Gasteiger partial charge in [0.25, 0.3) is 11.4 Å². The minimum Gasteiger partial charge on any atom is -0.383 e. The number of ether oxygens (including phenoxy) is 1. The third kappa shape index (κ3) is 3.15. The Labute approximate surface area is 182 Å². The molecule has 5 rings (SSSR count). The van der Waals surface area contributed by atoms with Crippen LogP contribution in [-0.2, 0) is 10.3 Å². The molecule has 1 fully saturated rings. The number of methoxy groups -OCH3 is 1. The smallest absolute Gasteiger partial charge is 0.278 e. The van der Waals surface area contributed by atoms with Crippen molar-refractivity contribution in [1.82, 2.24) is 24.1 Å². The molecule has 0 spiro atoms. The molecule has 4 aromatic rings. The lowest BCUT2D eigenvalue weighted by molar-refractivity contribution is 0.0112. The Morgan fingerprint density at radius 2 is 2.10 bits per heavy atom. The molecule has 3 heterocycles. The van der Waals surface area contributed by atoms with Gasteiger partial charge in [-0.25, -0.2) is 4.98 Å². The van der Waals surface area contributed by atoms with E-state index in [1.165, 1.54) is 0 Å². The van der Waals surface area contributed by atoms with Gasteiger partial charge in [0.15, 0.2) is 0 Å². The fraction of sp³-hybridized carbons (Fsp3) is 0.429. The van der Waals surface area contributed by atoms with E-state index < -0.39 is 5.60 Å². The second-order valence-electron chi connectivity index (χ2n) is 8.09. The van der Waals surface area contributed by atoms with E-state index in [1.807, 2.05) is 13.0 Å². The van der Waals surface area contributed by atoms with Gasteiger partial charge in [0, 0.05) is 12.1 Å². The van der Waals surface area contributed by atoms with Crippen molar-refractivity contribution in [2.24, 2.45) is 0 Å². The summed E-state index contributed by atoms with van der Waals surface area (Å²) in [7, 11) is 1.59. The number of benzene rings is 1. The molecular weight excluding hydrogens is 422 g/mol. The summed E-state index contributed by atoms with van der Waals surface area (Å²) in [6.07, 6.45) is 4.51. The van der Waals surface area contributed by atoms with Crippen molar-refractivity contribution in [2.45, 2.75) is 44.2 Å². The number of fused-ring (bicyclic) bond motifs is 3. The zero-order valence-electron chi connectivity index (χ0n) is 17.2. The maximum Gasteiger partial charge on any atom is 0.278 e. The molecule has 0 bridgehead atoms. The molecule has 0 saturated heterocycles. The highest BCUT2D eigenvalue weighted by molar-refractivity contribution is 6.31. The first kappa shape index (κ1) is 20.2. The van der Waals surface area contributed by atoms with Crippen molar-refractivity contribution in [3.8, 4) is 11.5 Å². The van der Waals surface area contributed by atoms with Gasteiger partial charge in [-0.1, -0.05) is 16.8 Å². The highest BCUT2D eigenvalue weighted by Gasteiger charge is 2.39. The van der Waals surface area contributed by atoms with Crippen LogP contribution in [-0.4, -0.2) is 42.9 Å². The van der Waals surface area contributed by atoms with Crippen LogP contribution in [0.2, 0.25) is 5.02 Å². The second-order valence-corrected chi connectivity index (χ2v) is 8.52. The average molecular weight is 444 g/mol. The molecule has 0 aliphatic heterocycles. The fourth-order valence-electron chi connectivity index (χ4n) is 4.45. The molecular formula is C21H22ClN5O4. The molecule has 3 aromatic heterocycles. The lowest BCUT2D eigenvalue weighted by Gasteiger charge is -2.18. The second kappa shape index (κ2) is 7.44. The molecule has 1 aromatic carbocycles. The lowest BCUT2D eigenvalue weighted by atomic mass is 10.0. The van der Waals surface area contributed by atoms with Crippen molar-refractivity contribution in [1.29, 1.82) is 0 Å². The zero-order valence-corrected chi connectivity index (χ0v) is 18.0. The van der Waals surface area contributed by atoms with E-state index in [0.717, 1.165) is 18.4 Å². The SMILES string of the molecule is COCC(C)n1c(=O)c2c(-c3noc(C4(O)CCCC4)n3)ncn2c2ccc(Cl)cc21. The van der Waals surface area contributed by atoms with E-state index in [0.29, 0.717) is 41.2 Å². The number of hydrogen-bond donors (Lipinski definition) is 1. The molecule has 1 aliphatic carbocycles. The Balaban J connectivity index is 1.75. The largest absolute Gasteiger partial charge is 0.383 e. The van der Waals surface area contributed by atoms with Crippen molar-refractivity contribution in [3.63, 3.8) is 0 Å². The number of aliphatic hydroxyl groups is 1. The topological polar surface area (TPSA) is 108 Å². The molecule has 1 saturated carbocycles. The van der Waals surface area contributed by atoms with Crippen LogP contribution >= 0.6 is 11.6 Å². The van der Waals surface area contributed by atoms with Crippen molar-refractivity contribution >= 4 is 28.2 Å². The quantitative estimate of drug-likeness (QED) is 0.504. The van der Waals surface area contributed by atoms with Gasteiger partial charge in [0.2, 0.25) is 5.82 Å². The molecule has 1 aliphatic rings. The van der Waals surface area contributed by atoms with Crippen molar-refractivity contribution < 1.29 is 14.4 Å². The maximum atomic E-state index is 13.6. The van der Waals surface area contributed by atoms with Gasteiger partial charge in [-0.05, 0) is 50.8 Å². The lowest BCUT2D eigenvalue weighted by Crippen LogP contribution is -2.28. The summed E-state index contributed by atoms with van der Waals surface area (Å²) in [5, 5.41) is 15.3. The van der Waals surface area contributed by atoms with E-state index in [-0.39, 0.29) is 23.3 Å². The van der Waals surface area contributed by atoms with Crippen LogP contribution in [0.4, 0.5) is 0 Å². The molecule has 0 amide bonds. The van der Waals surface area contributed by atoms with Crippen LogP contribution in [0.1, 0.15) is 44.5 Å². The van der Waals surface area contributed by atoms with Gasteiger partial charge < -0.3 is 14.4 Å². The summed E-state index contributed by atoms with van der Waals surface area (Å²) in [6, 6.07) is 5.12. The standard InChI is InChI=1S/C21H22ClN5O4/c1-12(10-30-2)27-15-9-13(22)5-6-14(15)26-11-23-16(17(26)19(27)28)18-24-20(31-25-18)21(29)7-3-4-8-21/h5-6,9,11-12,29H,3-4,7-8,10H2,1-2H3. The molecule has 1 N–H and O–H groups in total. The Morgan fingerprint density at radius 3 is 2.84 bits per heavy atom. The van der Waals surface area contributed by atoms with E-state index in [2.05, 4.69) is 15.1 Å². The number of imidazole rings is 1. The molecule has 31 heavy (non-hydrogen) atoms. The van der Waals surface area contributed by atoms with Crippen LogP contribution in [0.5, 0.6) is 0 Å². The van der Waals surface area contributed by atoms with Crippen molar-refractivity contribution in [2.75, 3.05) is 13.7 Å². The van der Waals surface area contributed by atoms with E-state index in [9.17, 15) is 9.90 Å².